The van der Waals surface area contributed by atoms with Crippen LogP contribution in [-0.2, 0) is 11.3 Å². The number of carbonyl (C=O) groups is 1. The summed E-state index contributed by atoms with van der Waals surface area (Å²) in [6.07, 6.45) is 0. The smallest absolute Gasteiger partial charge is 0.246 e. The highest BCUT2D eigenvalue weighted by molar-refractivity contribution is 5.93. The summed E-state index contributed by atoms with van der Waals surface area (Å²) in [5, 5.41) is 10.9. The van der Waals surface area contributed by atoms with Crippen LogP contribution in [0.5, 0.6) is 5.75 Å². The highest BCUT2D eigenvalue weighted by Gasteiger charge is 2.11. The number of amides is 1. The summed E-state index contributed by atoms with van der Waals surface area (Å²) in [7, 11) is 1.57. The van der Waals surface area contributed by atoms with Gasteiger partial charge in [-0.1, -0.05) is 23.4 Å². The Kier molecular flexibility index (Phi) is 3.74. The van der Waals surface area contributed by atoms with Crippen LogP contribution in [-0.4, -0.2) is 28.0 Å². The molecule has 0 aliphatic carbocycles. The van der Waals surface area contributed by atoms with Gasteiger partial charge < -0.3 is 10.1 Å². The maximum absolute atomic E-state index is 12.2. The first-order valence-electron chi connectivity index (χ1n) is 6.90. The number of methoxy groups -OCH3 is 1. The molecule has 6 heteroatoms. The SMILES string of the molecule is COc1ccc(C)cc1NC(=O)Cn1nnc2ccccc21. The molecule has 0 saturated heterocycles. The summed E-state index contributed by atoms with van der Waals surface area (Å²) >= 11 is 0. The molecule has 0 fully saturated rings. The predicted molar refractivity (Wildman–Crippen MR) is 83.9 cm³/mol. The van der Waals surface area contributed by atoms with Crippen LogP contribution in [0.4, 0.5) is 5.69 Å². The molecule has 0 radical (unpaired) electrons. The lowest BCUT2D eigenvalue weighted by Crippen LogP contribution is -2.20. The molecule has 0 aliphatic heterocycles. The number of anilines is 1. The largest absolute Gasteiger partial charge is 0.495 e. The number of hydrogen-bond acceptors (Lipinski definition) is 4. The minimum absolute atomic E-state index is 0.0949. The second-order valence-electron chi connectivity index (χ2n) is 4.99. The minimum Gasteiger partial charge on any atom is -0.495 e. The van der Waals surface area contributed by atoms with Gasteiger partial charge in [0.1, 0.15) is 17.8 Å². The Morgan fingerprint density at radius 2 is 2.09 bits per heavy atom. The van der Waals surface area contributed by atoms with E-state index < -0.39 is 0 Å². The van der Waals surface area contributed by atoms with Crippen LogP contribution in [0.1, 0.15) is 5.56 Å². The van der Waals surface area contributed by atoms with Gasteiger partial charge in [0.15, 0.2) is 0 Å². The predicted octanol–water partition coefficient (Wildman–Crippen LogP) is 2.39. The summed E-state index contributed by atoms with van der Waals surface area (Å²) in [5.41, 5.74) is 3.29. The molecule has 0 unspecified atom stereocenters. The van der Waals surface area contributed by atoms with Gasteiger partial charge in [-0.2, -0.15) is 0 Å². The van der Waals surface area contributed by atoms with Gasteiger partial charge in [-0.25, -0.2) is 4.68 Å². The van der Waals surface area contributed by atoms with E-state index in [-0.39, 0.29) is 12.5 Å². The Labute approximate surface area is 127 Å². The van der Waals surface area contributed by atoms with E-state index in [9.17, 15) is 4.79 Å². The van der Waals surface area contributed by atoms with E-state index in [1.165, 1.54) is 0 Å². The van der Waals surface area contributed by atoms with Crippen LogP contribution in [0.25, 0.3) is 11.0 Å². The third-order valence-electron chi connectivity index (χ3n) is 3.34. The third-order valence-corrected chi connectivity index (χ3v) is 3.34. The van der Waals surface area contributed by atoms with E-state index >= 15 is 0 Å². The number of rotatable bonds is 4. The zero-order chi connectivity index (χ0) is 15.5. The Bertz CT molecular complexity index is 826. The number of fused-ring (bicyclic) bond motifs is 1. The highest BCUT2D eigenvalue weighted by Crippen LogP contribution is 2.25. The number of carbonyl (C=O) groups excluding carboxylic acids is 1. The average molecular weight is 296 g/mol. The summed E-state index contributed by atoms with van der Waals surface area (Å²) in [4.78, 5) is 12.2. The fourth-order valence-electron chi connectivity index (χ4n) is 2.28. The monoisotopic (exact) mass is 296 g/mol. The van der Waals surface area contributed by atoms with E-state index in [0.29, 0.717) is 11.4 Å². The number of hydrogen-bond donors (Lipinski definition) is 1. The van der Waals surface area contributed by atoms with Crippen molar-refractivity contribution in [1.29, 1.82) is 0 Å². The van der Waals surface area contributed by atoms with Crippen molar-refractivity contribution >= 4 is 22.6 Å². The number of nitrogens with one attached hydrogen (secondary N) is 1. The molecule has 0 spiro atoms. The summed E-state index contributed by atoms with van der Waals surface area (Å²) in [6, 6.07) is 13.2. The fraction of sp³-hybridized carbons (Fsp3) is 0.188. The molecule has 3 aromatic rings. The van der Waals surface area contributed by atoms with E-state index in [2.05, 4.69) is 15.6 Å². The van der Waals surface area contributed by atoms with Crippen LogP contribution in [0.2, 0.25) is 0 Å². The number of aryl methyl sites for hydroxylation is 1. The topological polar surface area (TPSA) is 69.0 Å². The van der Waals surface area contributed by atoms with Gasteiger partial charge in [-0.3, -0.25) is 4.79 Å². The molecule has 1 N–H and O–H groups in total. The number of aromatic nitrogens is 3. The molecule has 0 bridgehead atoms. The van der Waals surface area contributed by atoms with Gasteiger partial charge in [0.25, 0.3) is 0 Å². The van der Waals surface area contributed by atoms with Gasteiger partial charge in [-0.15, -0.1) is 5.10 Å². The molecule has 1 heterocycles. The third kappa shape index (κ3) is 2.76. The van der Waals surface area contributed by atoms with E-state index in [4.69, 9.17) is 4.74 Å². The van der Waals surface area contributed by atoms with Crippen LogP contribution >= 0.6 is 0 Å². The Hall–Kier alpha value is -2.89. The van der Waals surface area contributed by atoms with Gasteiger partial charge in [0, 0.05) is 0 Å². The summed E-state index contributed by atoms with van der Waals surface area (Å²) in [5.74, 6) is 0.446. The van der Waals surface area contributed by atoms with Crippen molar-refractivity contribution in [3.63, 3.8) is 0 Å². The normalized spacial score (nSPS) is 10.6. The second kappa shape index (κ2) is 5.85. The zero-order valence-electron chi connectivity index (χ0n) is 12.4. The highest BCUT2D eigenvalue weighted by atomic mass is 16.5. The number of para-hydroxylation sites is 1. The molecule has 1 aromatic heterocycles. The van der Waals surface area contributed by atoms with E-state index in [1.54, 1.807) is 11.8 Å². The maximum Gasteiger partial charge on any atom is 0.246 e. The quantitative estimate of drug-likeness (QED) is 0.802. The summed E-state index contributed by atoms with van der Waals surface area (Å²) < 4.78 is 6.83. The van der Waals surface area contributed by atoms with Crippen molar-refractivity contribution in [2.75, 3.05) is 12.4 Å². The van der Waals surface area contributed by atoms with E-state index in [1.807, 2.05) is 49.4 Å². The lowest BCUT2D eigenvalue weighted by molar-refractivity contribution is -0.116. The molecule has 1 amide bonds. The van der Waals surface area contributed by atoms with E-state index in [0.717, 1.165) is 16.6 Å². The van der Waals surface area contributed by atoms with Crippen molar-refractivity contribution in [1.82, 2.24) is 15.0 Å². The molecular formula is C16H16N4O2. The Balaban J connectivity index is 1.79. The van der Waals surface area contributed by atoms with Gasteiger partial charge >= 0.3 is 0 Å². The van der Waals surface area contributed by atoms with Crippen molar-refractivity contribution in [2.24, 2.45) is 0 Å². The Morgan fingerprint density at radius 1 is 1.27 bits per heavy atom. The number of ether oxygens (including phenoxy) is 1. The Morgan fingerprint density at radius 3 is 2.91 bits per heavy atom. The average Bonchev–Trinajstić information content (AvgIpc) is 2.91. The van der Waals surface area contributed by atoms with Crippen LogP contribution in [0.15, 0.2) is 42.5 Å². The van der Waals surface area contributed by atoms with Gasteiger partial charge in [-0.05, 0) is 36.8 Å². The molecule has 2 aromatic carbocycles. The second-order valence-corrected chi connectivity index (χ2v) is 4.99. The first kappa shape index (κ1) is 14.1. The first-order chi connectivity index (χ1) is 10.7. The zero-order valence-corrected chi connectivity index (χ0v) is 12.4. The van der Waals surface area contributed by atoms with Crippen molar-refractivity contribution in [3.05, 3.63) is 48.0 Å². The molecule has 22 heavy (non-hydrogen) atoms. The molecule has 112 valence electrons. The molecule has 0 aliphatic rings. The van der Waals surface area contributed by atoms with Gasteiger partial charge in [0.05, 0.1) is 18.3 Å². The van der Waals surface area contributed by atoms with Crippen molar-refractivity contribution < 1.29 is 9.53 Å². The standard InChI is InChI=1S/C16H16N4O2/c1-11-7-8-15(22-2)13(9-11)17-16(21)10-20-14-6-4-3-5-12(14)18-19-20/h3-9H,10H2,1-2H3,(H,17,21). The molecule has 0 atom stereocenters. The van der Waals surface area contributed by atoms with Crippen LogP contribution in [0, 0.1) is 6.92 Å². The van der Waals surface area contributed by atoms with Crippen LogP contribution in [0.3, 0.4) is 0 Å². The maximum atomic E-state index is 12.2. The lowest BCUT2D eigenvalue weighted by Gasteiger charge is -2.11. The van der Waals surface area contributed by atoms with Gasteiger partial charge in [0.2, 0.25) is 5.91 Å². The van der Waals surface area contributed by atoms with Crippen molar-refractivity contribution in [2.45, 2.75) is 13.5 Å². The number of benzene rings is 2. The molecule has 3 rings (SSSR count). The molecule has 6 nitrogen and oxygen atoms in total. The molecule has 0 saturated carbocycles. The first-order valence-corrected chi connectivity index (χ1v) is 6.90. The lowest BCUT2D eigenvalue weighted by atomic mass is 10.2. The summed E-state index contributed by atoms with van der Waals surface area (Å²) in [6.45, 7) is 2.05. The minimum atomic E-state index is -0.181. The number of nitrogens with zero attached hydrogens (tertiary/aromatic N) is 3. The fourth-order valence-corrected chi connectivity index (χ4v) is 2.28. The molecular weight excluding hydrogens is 280 g/mol. The van der Waals surface area contributed by atoms with Crippen molar-refractivity contribution in [3.8, 4) is 5.75 Å². The van der Waals surface area contributed by atoms with Crippen LogP contribution < -0.4 is 10.1 Å².